The number of nitrogens with zero attached hydrogens (tertiary/aromatic N) is 1. The molecule has 0 aromatic heterocycles. The van der Waals surface area contributed by atoms with Crippen LogP contribution in [0, 0.1) is 10.8 Å². The van der Waals surface area contributed by atoms with Crippen molar-refractivity contribution in [1.29, 1.82) is 0 Å². The van der Waals surface area contributed by atoms with Crippen molar-refractivity contribution in [2.24, 2.45) is 10.8 Å². The number of carbonyl (C=O) groups is 3. The second-order valence-electron chi connectivity index (χ2n) is 11.1. The van der Waals surface area contributed by atoms with Gasteiger partial charge in [0.1, 0.15) is 12.6 Å². The molecule has 0 saturated carbocycles. The number of carbonyl (C=O) groups excluding carboxylic acids is 2. The first-order chi connectivity index (χ1) is 16.3. The second kappa shape index (κ2) is 10.1. The van der Waals surface area contributed by atoms with Gasteiger partial charge in [-0.1, -0.05) is 69.3 Å². The summed E-state index contributed by atoms with van der Waals surface area (Å²) in [5.41, 5.74) is 3.27. The zero-order chi connectivity index (χ0) is 26.0. The van der Waals surface area contributed by atoms with Crippen LogP contribution in [0.3, 0.4) is 0 Å². The zero-order valence-electron chi connectivity index (χ0n) is 21.4. The third-order valence-corrected chi connectivity index (χ3v) is 6.48. The number of nitrogens with one attached hydrogen (secondary N) is 1. The van der Waals surface area contributed by atoms with Crippen LogP contribution >= 0.6 is 0 Å². The minimum Gasteiger partial charge on any atom is -0.480 e. The molecule has 0 heterocycles. The Morgan fingerprint density at radius 3 is 1.97 bits per heavy atom. The summed E-state index contributed by atoms with van der Waals surface area (Å²) in [7, 11) is 1.50. The average Bonchev–Trinajstić information content (AvgIpc) is 3.12. The maximum atomic E-state index is 13.1. The Kier molecular flexibility index (Phi) is 7.58. The van der Waals surface area contributed by atoms with Gasteiger partial charge in [0.2, 0.25) is 5.91 Å². The summed E-state index contributed by atoms with van der Waals surface area (Å²) in [6, 6.07) is 15.3. The first-order valence-corrected chi connectivity index (χ1v) is 11.9. The van der Waals surface area contributed by atoms with Crippen molar-refractivity contribution in [3.8, 4) is 11.1 Å². The third kappa shape index (κ3) is 6.02. The minimum atomic E-state index is -1.05. The molecular formula is C28H36N2O5. The summed E-state index contributed by atoms with van der Waals surface area (Å²) < 4.78 is 5.56. The number of fused-ring (bicyclic) bond motifs is 3. The third-order valence-electron chi connectivity index (χ3n) is 6.48. The van der Waals surface area contributed by atoms with Gasteiger partial charge in [-0.3, -0.25) is 4.79 Å². The predicted molar refractivity (Wildman–Crippen MR) is 135 cm³/mol. The smallest absolute Gasteiger partial charge is 0.407 e. The fraction of sp³-hybridized carbons (Fsp3) is 0.464. The first-order valence-electron chi connectivity index (χ1n) is 11.9. The van der Waals surface area contributed by atoms with Crippen molar-refractivity contribution >= 4 is 18.0 Å². The fourth-order valence-corrected chi connectivity index (χ4v) is 4.61. The van der Waals surface area contributed by atoms with E-state index in [1.54, 1.807) is 13.8 Å². The Morgan fingerprint density at radius 1 is 0.971 bits per heavy atom. The molecule has 2 aromatic carbocycles. The molecule has 0 fully saturated rings. The van der Waals surface area contributed by atoms with Gasteiger partial charge in [0.05, 0.1) is 5.41 Å². The van der Waals surface area contributed by atoms with Crippen molar-refractivity contribution in [1.82, 2.24) is 10.2 Å². The minimum absolute atomic E-state index is 0.0225. The molecule has 2 N–H and O–H groups in total. The van der Waals surface area contributed by atoms with Crippen LogP contribution < -0.4 is 5.32 Å². The van der Waals surface area contributed by atoms with E-state index in [-0.39, 0.29) is 30.4 Å². The highest BCUT2D eigenvalue weighted by molar-refractivity contribution is 5.87. The Bertz CT molecular complexity index is 1060. The van der Waals surface area contributed by atoms with Gasteiger partial charge in [-0.05, 0) is 47.9 Å². The molecule has 0 bridgehead atoms. The first kappa shape index (κ1) is 26.3. The zero-order valence-corrected chi connectivity index (χ0v) is 21.4. The fourth-order valence-electron chi connectivity index (χ4n) is 4.61. The van der Waals surface area contributed by atoms with E-state index >= 15 is 0 Å². The largest absolute Gasteiger partial charge is 0.480 e. The number of hydrogen-bond acceptors (Lipinski definition) is 4. The Morgan fingerprint density at radius 2 is 1.49 bits per heavy atom. The molecule has 1 aliphatic rings. The molecule has 0 radical (unpaired) electrons. The molecule has 2 amide bonds. The van der Waals surface area contributed by atoms with Crippen molar-refractivity contribution in [2.75, 3.05) is 20.2 Å². The SMILES string of the molecule is CN(C(=O)C(C)(C)CNC(=O)OCC1c2ccccc2-c2ccccc21)C(CC(C)(C)C)C(=O)O. The van der Waals surface area contributed by atoms with E-state index in [0.717, 1.165) is 22.3 Å². The number of hydrogen-bond donors (Lipinski definition) is 2. The molecule has 0 aliphatic heterocycles. The van der Waals surface area contributed by atoms with Crippen LogP contribution in [-0.2, 0) is 14.3 Å². The van der Waals surface area contributed by atoms with Crippen molar-refractivity contribution in [3.05, 3.63) is 59.7 Å². The summed E-state index contributed by atoms with van der Waals surface area (Å²) in [5.74, 6) is -1.45. The van der Waals surface area contributed by atoms with Crippen LogP contribution in [0.15, 0.2) is 48.5 Å². The number of benzene rings is 2. The number of ether oxygens (including phenoxy) is 1. The molecule has 35 heavy (non-hydrogen) atoms. The van der Waals surface area contributed by atoms with E-state index < -0.39 is 23.5 Å². The van der Waals surface area contributed by atoms with Crippen LogP contribution in [0.2, 0.25) is 0 Å². The maximum Gasteiger partial charge on any atom is 0.407 e. The molecule has 0 saturated heterocycles. The normalized spacial score (nSPS) is 14.0. The number of aliphatic carboxylic acids is 1. The molecule has 1 aliphatic carbocycles. The van der Waals surface area contributed by atoms with Gasteiger partial charge >= 0.3 is 12.1 Å². The lowest BCUT2D eigenvalue weighted by molar-refractivity contribution is -0.154. The Labute approximate surface area is 207 Å². The number of carboxylic acids is 1. The number of likely N-dealkylation sites (N-methyl/N-ethyl adjacent to an activating group) is 1. The number of rotatable bonds is 8. The molecular weight excluding hydrogens is 444 g/mol. The molecule has 1 atom stereocenters. The molecule has 188 valence electrons. The van der Waals surface area contributed by atoms with Gasteiger partial charge in [-0.2, -0.15) is 0 Å². The summed E-state index contributed by atoms with van der Waals surface area (Å²) >= 11 is 0. The highest BCUT2D eigenvalue weighted by atomic mass is 16.5. The number of alkyl carbamates (subject to hydrolysis) is 1. The molecule has 0 spiro atoms. The van der Waals surface area contributed by atoms with Gasteiger partial charge in [0, 0.05) is 19.5 Å². The maximum absolute atomic E-state index is 13.1. The van der Waals surface area contributed by atoms with Crippen LogP contribution in [-0.4, -0.2) is 54.2 Å². The van der Waals surface area contributed by atoms with Gasteiger partial charge in [-0.25, -0.2) is 9.59 Å². The lowest BCUT2D eigenvalue weighted by Crippen LogP contribution is -2.52. The van der Waals surface area contributed by atoms with Gasteiger partial charge in [0.25, 0.3) is 0 Å². The van der Waals surface area contributed by atoms with E-state index in [4.69, 9.17) is 4.74 Å². The molecule has 7 heteroatoms. The lowest BCUT2D eigenvalue weighted by Gasteiger charge is -2.35. The molecule has 7 nitrogen and oxygen atoms in total. The second-order valence-corrected chi connectivity index (χ2v) is 11.1. The van der Waals surface area contributed by atoms with E-state index in [9.17, 15) is 19.5 Å². The van der Waals surface area contributed by atoms with Crippen LogP contribution in [0.25, 0.3) is 11.1 Å². The molecule has 2 aromatic rings. The summed E-state index contributed by atoms with van der Waals surface area (Å²) in [6.45, 7) is 9.38. The van der Waals surface area contributed by atoms with Gasteiger partial charge in [0.15, 0.2) is 0 Å². The quantitative estimate of drug-likeness (QED) is 0.560. The van der Waals surface area contributed by atoms with E-state index in [1.807, 2.05) is 45.0 Å². The van der Waals surface area contributed by atoms with E-state index in [1.165, 1.54) is 11.9 Å². The standard InChI is InChI=1S/C28H36N2O5/c1-27(2,3)15-23(24(31)32)30(6)25(33)28(4,5)17-29-26(34)35-16-22-20-13-9-7-11-18(20)19-12-8-10-14-21(19)22/h7-14,22-23H,15-17H2,1-6H3,(H,29,34)(H,31,32). The highest BCUT2D eigenvalue weighted by Gasteiger charge is 2.38. The van der Waals surface area contributed by atoms with Crippen LogP contribution in [0.4, 0.5) is 4.79 Å². The lowest BCUT2D eigenvalue weighted by atomic mass is 9.85. The average molecular weight is 481 g/mol. The van der Waals surface area contributed by atoms with Crippen LogP contribution in [0.5, 0.6) is 0 Å². The van der Waals surface area contributed by atoms with Crippen molar-refractivity contribution in [3.63, 3.8) is 0 Å². The Balaban J connectivity index is 1.60. The number of amides is 2. The number of carboxylic acid groups (broad SMARTS) is 1. The topological polar surface area (TPSA) is 95.9 Å². The summed E-state index contributed by atoms with van der Waals surface area (Å²) in [4.78, 5) is 38.8. The summed E-state index contributed by atoms with van der Waals surface area (Å²) in [6.07, 6.45) is -0.291. The van der Waals surface area contributed by atoms with E-state index in [0.29, 0.717) is 6.42 Å². The molecule has 1 unspecified atom stereocenters. The van der Waals surface area contributed by atoms with E-state index in [2.05, 4.69) is 29.6 Å². The summed E-state index contributed by atoms with van der Waals surface area (Å²) in [5, 5.41) is 12.4. The van der Waals surface area contributed by atoms with Gasteiger partial charge in [-0.15, -0.1) is 0 Å². The van der Waals surface area contributed by atoms with Crippen molar-refractivity contribution < 1.29 is 24.2 Å². The predicted octanol–water partition coefficient (Wildman–Crippen LogP) is 4.90. The Hall–Kier alpha value is -3.35. The monoisotopic (exact) mass is 480 g/mol. The highest BCUT2D eigenvalue weighted by Crippen LogP contribution is 2.44. The van der Waals surface area contributed by atoms with Crippen molar-refractivity contribution in [2.45, 2.75) is 53.0 Å². The molecule has 3 rings (SSSR count). The van der Waals surface area contributed by atoms with Gasteiger partial charge < -0.3 is 20.1 Å². The van der Waals surface area contributed by atoms with Crippen LogP contribution in [0.1, 0.15) is 58.1 Å².